The number of nitrogens with zero attached hydrogens (tertiary/aromatic N) is 2. The molecular formula is C14H22BrN3O. The van der Waals surface area contributed by atoms with Crippen LogP contribution in [0.15, 0.2) is 16.7 Å². The van der Waals surface area contributed by atoms with Gasteiger partial charge >= 0.3 is 0 Å². The summed E-state index contributed by atoms with van der Waals surface area (Å²) in [6.45, 7) is 5.99. The number of methoxy groups -OCH3 is 1. The van der Waals surface area contributed by atoms with E-state index in [1.165, 1.54) is 5.56 Å². The maximum atomic E-state index is 5.42. The van der Waals surface area contributed by atoms with Crippen LogP contribution in [0.25, 0.3) is 0 Å². The molecule has 1 aromatic rings. The van der Waals surface area contributed by atoms with E-state index in [9.17, 15) is 0 Å². The molecule has 1 aliphatic heterocycles. The maximum absolute atomic E-state index is 5.42. The van der Waals surface area contributed by atoms with E-state index in [1.807, 2.05) is 6.20 Å². The van der Waals surface area contributed by atoms with Crippen molar-refractivity contribution in [1.82, 2.24) is 10.3 Å². The van der Waals surface area contributed by atoms with Crippen LogP contribution in [-0.4, -0.2) is 37.8 Å². The number of aromatic nitrogens is 1. The number of nitrogens with one attached hydrogen (secondary N) is 1. The maximum Gasteiger partial charge on any atom is 0.133 e. The molecule has 0 spiro atoms. The smallest absolute Gasteiger partial charge is 0.133 e. The Morgan fingerprint density at radius 3 is 2.84 bits per heavy atom. The van der Waals surface area contributed by atoms with Gasteiger partial charge in [-0.3, -0.25) is 0 Å². The standard InChI is InChI=1S/C14H22BrN3O/c1-3-16-9-11-8-12(15)10-17-14(11)18-6-4-13(19-2)5-7-18/h8,10,13,16H,3-7,9H2,1-2H3. The molecule has 19 heavy (non-hydrogen) atoms. The van der Waals surface area contributed by atoms with Crippen LogP contribution in [0, 0.1) is 0 Å². The lowest BCUT2D eigenvalue weighted by Gasteiger charge is -2.33. The van der Waals surface area contributed by atoms with Gasteiger partial charge < -0.3 is 15.0 Å². The van der Waals surface area contributed by atoms with Gasteiger partial charge in [0.05, 0.1) is 6.10 Å². The Bertz CT molecular complexity index is 406. The van der Waals surface area contributed by atoms with Gasteiger partial charge in [-0.2, -0.15) is 0 Å². The van der Waals surface area contributed by atoms with E-state index in [0.717, 1.165) is 49.3 Å². The van der Waals surface area contributed by atoms with E-state index < -0.39 is 0 Å². The van der Waals surface area contributed by atoms with Crippen LogP contribution in [0.2, 0.25) is 0 Å². The van der Waals surface area contributed by atoms with Gasteiger partial charge in [0.2, 0.25) is 0 Å². The molecule has 4 nitrogen and oxygen atoms in total. The first-order chi connectivity index (χ1) is 9.24. The zero-order valence-electron chi connectivity index (χ0n) is 11.7. The number of hydrogen-bond acceptors (Lipinski definition) is 4. The fourth-order valence-corrected chi connectivity index (χ4v) is 2.83. The summed E-state index contributed by atoms with van der Waals surface area (Å²) in [4.78, 5) is 6.97. The van der Waals surface area contributed by atoms with Crippen LogP contribution in [0.1, 0.15) is 25.3 Å². The van der Waals surface area contributed by atoms with E-state index >= 15 is 0 Å². The summed E-state index contributed by atoms with van der Waals surface area (Å²) in [6, 6.07) is 2.16. The van der Waals surface area contributed by atoms with Crippen molar-refractivity contribution in [1.29, 1.82) is 0 Å². The second-order valence-corrected chi connectivity index (χ2v) is 5.75. The second kappa shape index (κ2) is 7.22. The molecule has 1 fully saturated rings. The largest absolute Gasteiger partial charge is 0.381 e. The van der Waals surface area contributed by atoms with Crippen molar-refractivity contribution in [2.75, 3.05) is 31.6 Å². The number of hydrogen-bond donors (Lipinski definition) is 1. The number of rotatable bonds is 5. The van der Waals surface area contributed by atoms with Crippen molar-refractivity contribution >= 4 is 21.7 Å². The molecule has 0 saturated carbocycles. The van der Waals surface area contributed by atoms with E-state index in [4.69, 9.17) is 4.74 Å². The van der Waals surface area contributed by atoms with Gasteiger partial charge in [-0.25, -0.2) is 4.98 Å². The zero-order chi connectivity index (χ0) is 13.7. The Labute approximate surface area is 123 Å². The summed E-state index contributed by atoms with van der Waals surface area (Å²) < 4.78 is 6.46. The highest BCUT2D eigenvalue weighted by molar-refractivity contribution is 9.10. The molecule has 2 rings (SSSR count). The third-order valence-electron chi connectivity index (χ3n) is 3.55. The summed E-state index contributed by atoms with van der Waals surface area (Å²) in [5.41, 5.74) is 1.26. The summed E-state index contributed by atoms with van der Waals surface area (Å²) in [7, 11) is 1.80. The topological polar surface area (TPSA) is 37.4 Å². The Morgan fingerprint density at radius 1 is 1.47 bits per heavy atom. The van der Waals surface area contributed by atoms with Gasteiger partial charge in [-0.15, -0.1) is 0 Å². The number of anilines is 1. The molecule has 0 aliphatic carbocycles. The number of halogens is 1. The Hall–Kier alpha value is -0.650. The second-order valence-electron chi connectivity index (χ2n) is 4.84. The first kappa shape index (κ1) is 14.8. The summed E-state index contributed by atoms with van der Waals surface area (Å²) >= 11 is 3.50. The van der Waals surface area contributed by atoms with Gasteiger partial charge in [0.1, 0.15) is 5.82 Å². The van der Waals surface area contributed by atoms with Crippen LogP contribution in [0.3, 0.4) is 0 Å². The molecule has 0 bridgehead atoms. The minimum Gasteiger partial charge on any atom is -0.381 e. The molecule has 1 aliphatic rings. The lowest BCUT2D eigenvalue weighted by Crippen LogP contribution is -2.38. The van der Waals surface area contributed by atoms with E-state index in [2.05, 4.69) is 44.1 Å². The normalized spacial score (nSPS) is 16.9. The summed E-state index contributed by atoms with van der Waals surface area (Å²) in [6.07, 6.45) is 4.45. The molecule has 106 valence electrons. The van der Waals surface area contributed by atoms with E-state index in [1.54, 1.807) is 7.11 Å². The predicted molar refractivity (Wildman–Crippen MR) is 81.6 cm³/mol. The van der Waals surface area contributed by atoms with Crippen molar-refractivity contribution in [3.8, 4) is 0 Å². The van der Waals surface area contributed by atoms with Crippen molar-refractivity contribution in [2.45, 2.75) is 32.4 Å². The first-order valence-electron chi connectivity index (χ1n) is 6.87. The molecule has 0 amide bonds. The molecule has 0 atom stereocenters. The highest BCUT2D eigenvalue weighted by Gasteiger charge is 2.21. The van der Waals surface area contributed by atoms with Crippen LogP contribution in [0.4, 0.5) is 5.82 Å². The lowest BCUT2D eigenvalue weighted by molar-refractivity contribution is 0.0817. The van der Waals surface area contributed by atoms with Gasteiger partial charge in [0.25, 0.3) is 0 Å². The van der Waals surface area contributed by atoms with Crippen LogP contribution >= 0.6 is 15.9 Å². The molecule has 5 heteroatoms. The van der Waals surface area contributed by atoms with Crippen molar-refractivity contribution in [2.24, 2.45) is 0 Å². The quantitative estimate of drug-likeness (QED) is 0.901. The van der Waals surface area contributed by atoms with Crippen LogP contribution in [0.5, 0.6) is 0 Å². The third-order valence-corrected chi connectivity index (χ3v) is 3.98. The molecule has 1 N–H and O–H groups in total. The average molecular weight is 328 g/mol. The van der Waals surface area contributed by atoms with Gasteiger partial charge in [0.15, 0.2) is 0 Å². The zero-order valence-corrected chi connectivity index (χ0v) is 13.2. The SMILES string of the molecule is CCNCc1cc(Br)cnc1N1CCC(OC)CC1. The number of piperidine rings is 1. The molecule has 0 radical (unpaired) electrons. The molecule has 1 aromatic heterocycles. The Kier molecular flexibility index (Phi) is 5.60. The summed E-state index contributed by atoms with van der Waals surface area (Å²) in [5.74, 6) is 1.11. The summed E-state index contributed by atoms with van der Waals surface area (Å²) in [5, 5.41) is 3.38. The Morgan fingerprint density at radius 2 is 2.21 bits per heavy atom. The van der Waals surface area contributed by atoms with E-state index in [0.29, 0.717) is 6.10 Å². The highest BCUT2D eigenvalue weighted by atomic mass is 79.9. The Balaban J connectivity index is 2.10. The van der Waals surface area contributed by atoms with Gasteiger partial charge in [-0.05, 0) is 41.4 Å². The third kappa shape index (κ3) is 3.91. The molecular weight excluding hydrogens is 306 g/mol. The molecule has 0 unspecified atom stereocenters. The minimum absolute atomic E-state index is 0.406. The van der Waals surface area contributed by atoms with Crippen LogP contribution in [-0.2, 0) is 11.3 Å². The molecule has 1 saturated heterocycles. The fourth-order valence-electron chi connectivity index (χ4n) is 2.45. The van der Waals surface area contributed by atoms with E-state index in [-0.39, 0.29) is 0 Å². The number of pyridine rings is 1. The van der Waals surface area contributed by atoms with Crippen molar-refractivity contribution < 1.29 is 4.74 Å². The highest BCUT2D eigenvalue weighted by Crippen LogP contribution is 2.25. The van der Waals surface area contributed by atoms with Crippen LogP contribution < -0.4 is 10.2 Å². The van der Waals surface area contributed by atoms with Gasteiger partial charge in [0, 0.05) is 43.0 Å². The van der Waals surface area contributed by atoms with Crippen molar-refractivity contribution in [3.63, 3.8) is 0 Å². The predicted octanol–water partition coefficient (Wildman–Crippen LogP) is 2.57. The molecule has 2 heterocycles. The van der Waals surface area contributed by atoms with Gasteiger partial charge in [-0.1, -0.05) is 6.92 Å². The first-order valence-corrected chi connectivity index (χ1v) is 7.66. The lowest BCUT2D eigenvalue weighted by atomic mass is 10.1. The molecule has 0 aromatic carbocycles. The fraction of sp³-hybridized carbons (Fsp3) is 0.643. The average Bonchev–Trinajstić information content (AvgIpc) is 2.45. The number of ether oxygens (including phenoxy) is 1. The van der Waals surface area contributed by atoms with Crippen molar-refractivity contribution in [3.05, 3.63) is 22.3 Å². The minimum atomic E-state index is 0.406. The monoisotopic (exact) mass is 327 g/mol.